The molecule has 146 valence electrons. The largest absolute Gasteiger partial charge is 0.466 e. The van der Waals surface area contributed by atoms with Crippen LogP contribution in [0.5, 0.6) is 0 Å². The second-order valence-electron chi connectivity index (χ2n) is 8.42. The number of ether oxygens (including phenoxy) is 1. The van der Waals surface area contributed by atoms with Crippen LogP contribution in [-0.4, -0.2) is 42.5 Å². The number of benzene rings is 1. The summed E-state index contributed by atoms with van der Waals surface area (Å²) in [6.45, 7) is 6.48. The van der Waals surface area contributed by atoms with Gasteiger partial charge in [-0.3, -0.25) is 9.59 Å². The molecule has 27 heavy (non-hydrogen) atoms. The van der Waals surface area contributed by atoms with Crippen molar-refractivity contribution in [3.63, 3.8) is 0 Å². The first-order chi connectivity index (χ1) is 13.0. The number of hydrogen-bond acceptors (Lipinski definition) is 4. The van der Waals surface area contributed by atoms with Crippen molar-refractivity contribution >= 4 is 17.6 Å². The highest BCUT2D eigenvalue weighted by molar-refractivity contribution is 6.06. The van der Waals surface area contributed by atoms with Gasteiger partial charge in [0.15, 0.2) is 0 Å². The number of esters is 1. The first kappa shape index (κ1) is 18.5. The second kappa shape index (κ2) is 7.27. The summed E-state index contributed by atoms with van der Waals surface area (Å²) in [5, 5.41) is 3.12. The average molecular weight is 370 g/mol. The second-order valence-corrected chi connectivity index (χ2v) is 8.42. The van der Waals surface area contributed by atoms with Gasteiger partial charge in [0, 0.05) is 24.7 Å². The molecule has 1 amide bonds. The van der Waals surface area contributed by atoms with Crippen molar-refractivity contribution in [2.24, 2.45) is 5.92 Å². The van der Waals surface area contributed by atoms with Gasteiger partial charge in [-0.2, -0.15) is 0 Å². The molecular formula is C22H30N2O3. The Balaban J connectivity index is 1.39. The van der Waals surface area contributed by atoms with Gasteiger partial charge in [0.1, 0.15) is 0 Å². The van der Waals surface area contributed by atoms with E-state index < -0.39 is 0 Å². The molecule has 4 rings (SSSR count). The standard InChI is InChI=1S/C22H30N2O3/c1-3-27-19(25)13-16-9-12-24(14-16)17-7-10-22(11-8-17)20-15(2)5-4-6-18(20)23-21(22)26/h4-6,16-17H,3,7-14H2,1-2H3,(H,23,26)/t16-,17?,22?/m1/s1. The number of carbonyl (C=O) groups excluding carboxylic acids is 2. The van der Waals surface area contributed by atoms with Gasteiger partial charge in [0.05, 0.1) is 12.0 Å². The third kappa shape index (κ3) is 3.27. The van der Waals surface area contributed by atoms with Crippen molar-refractivity contribution in [2.75, 3.05) is 25.0 Å². The fourth-order valence-corrected chi connectivity index (χ4v) is 5.52. The molecule has 0 aromatic heterocycles. The molecule has 1 saturated carbocycles. The summed E-state index contributed by atoms with van der Waals surface area (Å²) in [6, 6.07) is 6.70. The van der Waals surface area contributed by atoms with Crippen LogP contribution in [0.15, 0.2) is 18.2 Å². The summed E-state index contributed by atoms with van der Waals surface area (Å²) in [6.07, 6.45) is 5.54. The van der Waals surface area contributed by atoms with E-state index in [0.717, 1.165) is 50.9 Å². The molecule has 5 heteroatoms. The minimum atomic E-state index is -0.332. The molecule has 0 bridgehead atoms. The summed E-state index contributed by atoms with van der Waals surface area (Å²) in [5.41, 5.74) is 3.13. The van der Waals surface area contributed by atoms with Crippen LogP contribution in [0.25, 0.3) is 0 Å². The Morgan fingerprint density at radius 2 is 2.07 bits per heavy atom. The summed E-state index contributed by atoms with van der Waals surface area (Å²) in [4.78, 5) is 27.1. The summed E-state index contributed by atoms with van der Waals surface area (Å²) >= 11 is 0. The monoisotopic (exact) mass is 370 g/mol. The average Bonchev–Trinajstić information content (AvgIpc) is 3.20. The van der Waals surface area contributed by atoms with Crippen molar-refractivity contribution in [3.05, 3.63) is 29.3 Å². The minimum Gasteiger partial charge on any atom is -0.466 e. The van der Waals surface area contributed by atoms with Crippen LogP contribution >= 0.6 is 0 Å². The number of rotatable bonds is 4. The van der Waals surface area contributed by atoms with Crippen LogP contribution in [0, 0.1) is 12.8 Å². The molecule has 3 aliphatic rings. The Labute approximate surface area is 161 Å². The van der Waals surface area contributed by atoms with Gasteiger partial charge in [-0.1, -0.05) is 12.1 Å². The van der Waals surface area contributed by atoms with Crippen LogP contribution in [0.1, 0.15) is 56.6 Å². The number of anilines is 1. The van der Waals surface area contributed by atoms with Gasteiger partial charge >= 0.3 is 5.97 Å². The predicted molar refractivity (Wildman–Crippen MR) is 105 cm³/mol. The highest BCUT2D eigenvalue weighted by atomic mass is 16.5. The molecule has 5 nitrogen and oxygen atoms in total. The highest BCUT2D eigenvalue weighted by Crippen LogP contribution is 2.49. The first-order valence-electron chi connectivity index (χ1n) is 10.3. The lowest BCUT2D eigenvalue weighted by Crippen LogP contribution is -2.45. The molecule has 0 unspecified atom stereocenters. The van der Waals surface area contributed by atoms with Crippen LogP contribution in [0.4, 0.5) is 5.69 Å². The molecule has 1 atom stereocenters. The normalized spacial score (nSPS) is 30.4. The van der Waals surface area contributed by atoms with Crippen molar-refractivity contribution in [1.82, 2.24) is 4.90 Å². The van der Waals surface area contributed by atoms with Crippen molar-refractivity contribution in [1.29, 1.82) is 0 Å². The molecule has 1 aromatic carbocycles. The lowest BCUT2D eigenvalue weighted by atomic mass is 9.67. The number of fused-ring (bicyclic) bond motifs is 2. The van der Waals surface area contributed by atoms with E-state index >= 15 is 0 Å². The van der Waals surface area contributed by atoms with Gasteiger partial charge < -0.3 is 15.0 Å². The van der Waals surface area contributed by atoms with E-state index in [1.165, 1.54) is 11.1 Å². The quantitative estimate of drug-likeness (QED) is 0.825. The third-order valence-corrected chi connectivity index (χ3v) is 6.84. The van der Waals surface area contributed by atoms with E-state index in [0.29, 0.717) is 25.0 Å². The predicted octanol–water partition coefficient (Wildman–Crippen LogP) is 3.40. The molecule has 1 spiro atoms. The number of hydrogen-bond donors (Lipinski definition) is 1. The summed E-state index contributed by atoms with van der Waals surface area (Å²) < 4.78 is 5.10. The number of amides is 1. The van der Waals surface area contributed by atoms with E-state index in [2.05, 4.69) is 23.2 Å². The molecule has 1 aliphatic carbocycles. The fourth-order valence-electron chi connectivity index (χ4n) is 5.52. The van der Waals surface area contributed by atoms with E-state index in [1.807, 2.05) is 19.1 Å². The Hall–Kier alpha value is -1.88. The first-order valence-corrected chi connectivity index (χ1v) is 10.3. The topological polar surface area (TPSA) is 58.6 Å². The zero-order chi connectivity index (χ0) is 19.0. The number of carbonyl (C=O) groups is 2. The van der Waals surface area contributed by atoms with Crippen LogP contribution in [-0.2, 0) is 19.7 Å². The van der Waals surface area contributed by atoms with Gasteiger partial charge in [-0.15, -0.1) is 0 Å². The van der Waals surface area contributed by atoms with Crippen LogP contribution in [0.3, 0.4) is 0 Å². The van der Waals surface area contributed by atoms with Crippen LogP contribution < -0.4 is 5.32 Å². The highest BCUT2D eigenvalue weighted by Gasteiger charge is 2.50. The minimum absolute atomic E-state index is 0.0679. The lowest BCUT2D eigenvalue weighted by Gasteiger charge is -2.40. The zero-order valence-electron chi connectivity index (χ0n) is 16.4. The number of nitrogens with zero attached hydrogens (tertiary/aromatic N) is 1. The molecule has 2 heterocycles. The van der Waals surface area contributed by atoms with Gasteiger partial charge in [-0.25, -0.2) is 0 Å². The maximum atomic E-state index is 12.8. The van der Waals surface area contributed by atoms with Crippen molar-refractivity contribution in [3.8, 4) is 0 Å². The summed E-state index contributed by atoms with van der Waals surface area (Å²) in [7, 11) is 0. The van der Waals surface area contributed by atoms with Gasteiger partial charge in [0.2, 0.25) is 5.91 Å². The van der Waals surface area contributed by atoms with E-state index in [4.69, 9.17) is 4.74 Å². The van der Waals surface area contributed by atoms with Crippen molar-refractivity contribution in [2.45, 2.75) is 63.8 Å². The van der Waals surface area contributed by atoms with Crippen molar-refractivity contribution < 1.29 is 14.3 Å². The van der Waals surface area contributed by atoms with E-state index in [9.17, 15) is 9.59 Å². The third-order valence-electron chi connectivity index (χ3n) is 6.84. The maximum Gasteiger partial charge on any atom is 0.306 e. The molecule has 1 saturated heterocycles. The molecule has 1 N–H and O–H groups in total. The fraction of sp³-hybridized carbons (Fsp3) is 0.636. The van der Waals surface area contributed by atoms with Crippen LogP contribution in [0.2, 0.25) is 0 Å². The van der Waals surface area contributed by atoms with Gasteiger partial charge in [-0.05, 0) is 75.6 Å². The Kier molecular flexibility index (Phi) is 4.97. The maximum absolute atomic E-state index is 12.8. The summed E-state index contributed by atoms with van der Waals surface area (Å²) in [5.74, 6) is 0.534. The number of aryl methyl sites for hydroxylation is 1. The zero-order valence-corrected chi connectivity index (χ0v) is 16.4. The number of likely N-dealkylation sites (tertiary alicyclic amines) is 1. The smallest absolute Gasteiger partial charge is 0.306 e. The Morgan fingerprint density at radius 3 is 2.81 bits per heavy atom. The Bertz CT molecular complexity index is 737. The SMILES string of the molecule is CCOC(=O)C[C@H]1CCN(C2CCC3(CC2)C(=O)Nc2cccc(C)c23)C1. The molecule has 2 fully saturated rings. The molecular weight excluding hydrogens is 340 g/mol. The Morgan fingerprint density at radius 1 is 1.30 bits per heavy atom. The molecule has 0 radical (unpaired) electrons. The van der Waals surface area contributed by atoms with E-state index in [-0.39, 0.29) is 17.3 Å². The molecule has 1 aromatic rings. The molecule has 2 aliphatic heterocycles. The lowest BCUT2D eigenvalue weighted by molar-refractivity contribution is -0.144. The van der Waals surface area contributed by atoms with E-state index in [1.54, 1.807) is 0 Å². The van der Waals surface area contributed by atoms with Gasteiger partial charge in [0.25, 0.3) is 0 Å². The number of nitrogens with one attached hydrogen (secondary N) is 1.